The monoisotopic (exact) mass is 332 g/mol. The zero-order chi connectivity index (χ0) is 16.9. The number of aliphatic hydroxyl groups excluding tert-OH is 1. The van der Waals surface area contributed by atoms with Crippen LogP contribution in [0, 0.1) is 0 Å². The largest absolute Gasteiger partial charge is 0.491 e. The lowest BCUT2D eigenvalue weighted by atomic mass is 10.0. The maximum Gasteiger partial charge on any atom is 0.219 e. The van der Waals surface area contributed by atoms with Gasteiger partial charge in [0.05, 0.1) is 0 Å². The number of aliphatic hydroxyl groups is 1. The van der Waals surface area contributed by atoms with Gasteiger partial charge in [-0.3, -0.25) is 9.69 Å². The van der Waals surface area contributed by atoms with Gasteiger partial charge in [0.15, 0.2) is 0 Å². The van der Waals surface area contributed by atoms with Crippen molar-refractivity contribution in [1.82, 2.24) is 9.80 Å². The number of amides is 1. The molecule has 0 radical (unpaired) electrons. The van der Waals surface area contributed by atoms with E-state index in [4.69, 9.17) is 4.74 Å². The van der Waals surface area contributed by atoms with Gasteiger partial charge in [-0.1, -0.05) is 18.2 Å². The molecule has 2 heterocycles. The zero-order valence-electron chi connectivity index (χ0n) is 14.4. The molecule has 132 valence electrons. The Kier molecular flexibility index (Phi) is 5.74. The van der Waals surface area contributed by atoms with Crippen LogP contribution in [-0.2, 0) is 4.79 Å². The van der Waals surface area contributed by atoms with Gasteiger partial charge in [-0.15, -0.1) is 0 Å². The fourth-order valence-corrected chi connectivity index (χ4v) is 4.13. The SMILES string of the molecule is CC(=O)N1CCC[C@@H]1[C@H]1CCCN1C[C@H](O)COc1ccccc1. The average molecular weight is 332 g/mol. The Bertz CT molecular complexity index is 537. The second kappa shape index (κ2) is 7.99. The molecule has 0 unspecified atom stereocenters. The lowest BCUT2D eigenvalue weighted by molar-refractivity contribution is -0.130. The number of likely N-dealkylation sites (tertiary alicyclic amines) is 2. The third kappa shape index (κ3) is 4.08. The van der Waals surface area contributed by atoms with Crippen LogP contribution in [0.3, 0.4) is 0 Å². The van der Waals surface area contributed by atoms with Crippen molar-refractivity contribution in [2.45, 2.75) is 50.8 Å². The smallest absolute Gasteiger partial charge is 0.219 e. The Morgan fingerprint density at radius 2 is 1.92 bits per heavy atom. The highest BCUT2D eigenvalue weighted by molar-refractivity contribution is 5.74. The van der Waals surface area contributed by atoms with Crippen molar-refractivity contribution in [1.29, 1.82) is 0 Å². The summed E-state index contributed by atoms with van der Waals surface area (Å²) in [5.74, 6) is 0.963. The predicted octanol–water partition coefficient (Wildman–Crippen LogP) is 1.90. The van der Waals surface area contributed by atoms with E-state index in [-0.39, 0.29) is 5.91 Å². The summed E-state index contributed by atoms with van der Waals surface area (Å²) in [4.78, 5) is 16.2. The molecule has 5 heteroatoms. The maximum atomic E-state index is 11.8. The van der Waals surface area contributed by atoms with Crippen LogP contribution < -0.4 is 4.74 Å². The van der Waals surface area contributed by atoms with Crippen LogP contribution in [-0.4, -0.2) is 65.2 Å². The molecule has 0 spiro atoms. The van der Waals surface area contributed by atoms with E-state index in [1.807, 2.05) is 35.2 Å². The maximum absolute atomic E-state index is 11.8. The number of carbonyl (C=O) groups is 1. The fraction of sp³-hybridized carbons (Fsp3) is 0.632. The summed E-state index contributed by atoms with van der Waals surface area (Å²) in [7, 11) is 0. The molecule has 0 aliphatic carbocycles. The zero-order valence-corrected chi connectivity index (χ0v) is 14.4. The molecule has 1 amide bonds. The molecule has 2 saturated heterocycles. The van der Waals surface area contributed by atoms with Crippen molar-refractivity contribution >= 4 is 5.91 Å². The van der Waals surface area contributed by atoms with Gasteiger partial charge < -0.3 is 14.7 Å². The summed E-state index contributed by atoms with van der Waals surface area (Å²) >= 11 is 0. The minimum Gasteiger partial charge on any atom is -0.491 e. The summed E-state index contributed by atoms with van der Waals surface area (Å²) in [5, 5.41) is 10.4. The highest BCUT2D eigenvalue weighted by Gasteiger charge is 2.39. The van der Waals surface area contributed by atoms with Gasteiger partial charge >= 0.3 is 0 Å². The van der Waals surface area contributed by atoms with E-state index in [0.717, 1.165) is 44.5 Å². The number of hydrogen-bond acceptors (Lipinski definition) is 4. The van der Waals surface area contributed by atoms with Gasteiger partial charge in [-0.2, -0.15) is 0 Å². The molecule has 0 aromatic heterocycles. The van der Waals surface area contributed by atoms with Crippen LogP contribution in [0.4, 0.5) is 0 Å². The molecule has 5 nitrogen and oxygen atoms in total. The van der Waals surface area contributed by atoms with Gasteiger partial charge in [0.2, 0.25) is 5.91 Å². The molecule has 3 rings (SSSR count). The standard InChI is InChI=1S/C19H28N2O3/c1-15(22)21-12-6-10-19(21)18-9-5-11-20(18)13-16(23)14-24-17-7-3-2-4-8-17/h2-4,7-8,16,18-19,23H,5-6,9-14H2,1H3/t16-,18+,19+/m0/s1. The highest BCUT2D eigenvalue weighted by atomic mass is 16.5. The number of β-amino-alcohol motifs (C(OH)–C–C–N with tert-alkyl or cyclic N) is 1. The first kappa shape index (κ1) is 17.2. The van der Waals surface area contributed by atoms with E-state index in [1.165, 1.54) is 0 Å². The van der Waals surface area contributed by atoms with Crippen molar-refractivity contribution < 1.29 is 14.6 Å². The van der Waals surface area contributed by atoms with E-state index in [2.05, 4.69) is 4.90 Å². The Hall–Kier alpha value is -1.59. The number of hydrogen-bond donors (Lipinski definition) is 1. The molecule has 2 aliphatic rings. The summed E-state index contributed by atoms with van der Waals surface area (Å²) in [6, 6.07) is 10.3. The van der Waals surface area contributed by atoms with Crippen LogP contribution in [0.1, 0.15) is 32.6 Å². The number of carbonyl (C=O) groups excluding carboxylic acids is 1. The molecule has 2 aliphatic heterocycles. The molecule has 1 aromatic carbocycles. The molecule has 1 N–H and O–H groups in total. The minimum atomic E-state index is -0.516. The summed E-state index contributed by atoms with van der Waals surface area (Å²) in [5.41, 5.74) is 0. The molecular formula is C19H28N2O3. The second-order valence-corrected chi connectivity index (χ2v) is 6.90. The molecule has 1 aromatic rings. The van der Waals surface area contributed by atoms with Gasteiger partial charge in [0.25, 0.3) is 0 Å². The molecule has 2 fully saturated rings. The number of rotatable bonds is 6. The second-order valence-electron chi connectivity index (χ2n) is 6.90. The number of benzene rings is 1. The van der Waals surface area contributed by atoms with Crippen LogP contribution in [0.2, 0.25) is 0 Å². The Morgan fingerprint density at radius 1 is 1.21 bits per heavy atom. The van der Waals surface area contributed by atoms with Crippen molar-refractivity contribution in [2.75, 3.05) is 26.2 Å². The van der Waals surface area contributed by atoms with E-state index < -0.39 is 6.10 Å². The summed E-state index contributed by atoms with van der Waals surface area (Å²) in [6.07, 6.45) is 3.91. The predicted molar refractivity (Wildman–Crippen MR) is 92.9 cm³/mol. The van der Waals surface area contributed by atoms with Crippen LogP contribution in [0.15, 0.2) is 30.3 Å². The lowest BCUT2D eigenvalue weighted by Crippen LogP contribution is -2.49. The average Bonchev–Trinajstić information content (AvgIpc) is 3.22. The first-order valence-electron chi connectivity index (χ1n) is 9.02. The quantitative estimate of drug-likeness (QED) is 0.864. The van der Waals surface area contributed by atoms with Gasteiger partial charge in [0, 0.05) is 32.1 Å². The molecule has 24 heavy (non-hydrogen) atoms. The van der Waals surface area contributed by atoms with Gasteiger partial charge in [0.1, 0.15) is 18.5 Å². The van der Waals surface area contributed by atoms with Crippen LogP contribution in [0.5, 0.6) is 5.75 Å². The number of nitrogens with zero attached hydrogens (tertiary/aromatic N) is 2. The topological polar surface area (TPSA) is 53.0 Å². The van der Waals surface area contributed by atoms with Gasteiger partial charge in [-0.05, 0) is 44.4 Å². The third-order valence-corrected chi connectivity index (χ3v) is 5.19. The van der Waals surface area contributed by atoms with E-state index in [9.17, 15) is 9.90 Å². The van der Waals surface area contributed by atoms with Crippen molar-refractivity contribution in [3.05, 3.63) is 30.3 Å². The Labute approximate surface area is 144 Å². The molecule has 3 atom stereocenters. The van der Waals surface area contributed by atoms with Crippen molar-refractivity contribution in [2.24, 2.45) is 0 Å². The van der Waals surface area contributed by atoms with E-state index in [1.54, 1.807) is 6.92 Å². The van der Waals surface area contributed by atoms with E-state index >= 15 is 0 Å². The Balaban J connectivity index is 1.52. The van der Waals surface area contributed by atoms with Gasteiger partial charge in [-0.25, -0.2) is 0 Å². The lowest BCUT2D eigenvalue weighted by Gasteiger charge is -2.35. The normalized spacial score (nSPS) is 25.8. The minimum absolute atomic E-state index is 0.178. The summed E-state index contributed by atoms with van der Waals surface area (Å²) in [6.45, 7) is 4.45. The summed E-state index contributed by atoms with van der Waals surface area (Å²) < 4.78 is 5.66. The van der Waals surface area contributed by atoms with Crippen LogP contribution in [0.25, 0.3) is 0 Å². The van der Waals surface area contributed by atoms with Crippen molar-refractivity contribution in [3.8, 4) is 5.75 Å². The Morgan fingerprint density at radius 3 is 2.67 bits per heavy atom. The molecule has 0 bridgehead atoms. The van der Waals surface area contributed by atoms with Crippen LogP contribution >= 0.6 is 0 Å². The number of ether oxygens (including phenoxy) is 1. The molecular weight excluding hydrogens is 304 g/mol. The first-order chi connectivity index (χ1) is 11.6. The van der Waals surface area contributed by atoms with E-state index in [0.29, 0.717) is 25.2 Å². The highest BCUT2D eigenvalue weighted by Crippen LogP contribution is 2.30. The fourth-order valence-electron chi connectivity index (χ4n) is 4.13. The first-order valence-corrected chi connectivity index (χ1v) is 9.02. The molecule has 0 saturated carbocycles. The van der Waals surface area contributed by atoms with Crippen molar-refractivity contribution in [3.63, 3.8) is 0 Å². The number of para-hydroxylation sites is 1. The third-order valence-electron chi connectivity index (χ3n) is 5.19.